The van der Waals surface area contributed by atoms with Crippen LogP contribution >= 0.6 is 11.8 Å². The van der Waals surface area contributed by atoms with E-state index >= 15 is 0 Å². The molecule has 0 saturated heterocycles. The molecule has 0 amide bonds. The number of aliphatic hydroxyl groups excluding tert-OH is 1. The van der Waals surface area contributed by atoms with Crippen LogP contribution in [0.25, 0.3) is 0 Å². The Morgan fingerprint density at radius 3 is 2.71 bits per heavy atom. The number of hydrogen-bond acceptors (Lipinski definition) is 4. The summed E-state index contributed by atoms with van der Waals surface area (Å²) in [4.78, 5) is 11.0. The van der Waals surface area contributed by atoms with E-state index in [0.717, 1.165) is 11.8 Å². The molecule has 0 aliphatic rings. The highest BCUT2D eigenvalue weighted by Crippen LogP contribution is 2.30. The smallest absolute Gasteiger partial charge is 0.343 e. The third kappa shape index (κ3) is 2.65. The normalized spacial score (nSPS) is 12.1. The minimum atomic E-state index is -1.47. The molecule has 0 aliphatic carbocycles. The van der Waals surface area contributed by atoms with Crippen molar-refractivity contribution in [2.24, 2.45) is 0 Å². The molecule has 0 heterocycles. The molecular formula is C9H10O4S. The maximum Gasteiger partial charge on any atom is 0.343 e. The molecule has 76 valence electrons. The lowest BCUT2D eigenvalue weighted by Crippen LogP contribution is -2.14. The van der Waals surface area contributed by atoms with Gasteiger partial charge in [0.2, 0.25) is 5.44 Å². The average molecular weight is 214 g/mol. The second-order valence-corrected chi connectivity index (χ2v) is 3.58. The molecule has 5 heteroatoms. The first kappa shape index (κ1) is 10.9. The van der Waals surface area contributed by atoms with Crippen molar-refractivity contribution in [3.05, 3.63) is 24.3 Å². The molecule has 4 nitrogen and oxygen atoms in total. The molecular weight excluding hydrogens is 204 g/mol. The van der Waals surface area contributed by atoms with Crippen molar-refractivity contribution < 1.29 is 19.7 Å². The number of aliphatic hydroxyl groups is 1. The molecule has 1 rings (SSSR count). The van der Waals surface area contributed by atoms with Crippen LogP contribution in [0.2, 0.25) is 0 Å². The maximum absolute atomic E-state index is 10.4. The van der Waals surface area contributed by atoms with Crippen molar-refractivity contribution in [1.29, 1.82) is 0 Å². The molecule has 1 aromatic rings. The van der Waals surface area contributed by atoms with Gasteiger partial charge in [-0.2, -0.15) is 0 Å². The van der Waals surface area contributed by atoms with Crippen molar-refractivity contribution in [2.75, 3.05) is 7.11 Å². The van der Waals surface area contributed by atoms with E-state index in [4.69, 9.17) is 14.9 Å². The number of thioether (sulfide) groups is 1. The highest BCUT2D eigenvalue weighted by atomic mass is 32.2. The number of benzene rings is 1. The predicted octanol–water partition coefficient (Wildman–Crippen LogP) is 1.19. The molecule has 1 atom stereocenters. The van der Waals surface area contributed by atoms with Gasteiger partial charge in [-0.15, -0.1) is 0 Å². The number of aliphatic carboxylic acids is 1. The summed E-state index contributed by atoms with van der Waals surface area (Å²) in [7, 11) is 1.49. The molecule has 0 fully saturated rings. The average Bonchev–Trinajstić information content (AvgIpc) is 2.18. The Labute approximate surface area is 85.5 Å². The Morgan fingerprint density at radius 2 is 2.14 bits per heavy atom. The van der Waals surface area contributed by atoms with E-state index < -0.39 is 11.4 Å². The van der Waals surface area contributed by atoms with Gasteiger partial charge in [0, 0.05) is 0 Å². The molecule has 0 aliphatic heterocycles. The number of hydrogen-bond donors (Lipinski definition) is 2. The van der Waals surface area contributed by atoms with Crippen molar-refractivity contribution >= 4 is 17.7 Å². The number of methoxy groups -OCH3 is 1. The number of ether oxygens (including phenoxy) is 1. The topological polar surface area (TPSA) is 66.8 Å². The summed E-state index contributed by atoms with van der Waals surface area (Å²) in [6.45, 7) is 0. The fourth-order valence-corrected chi connectivity index (χ4v) is 1.65. The van der Waals surface area contributed by atoms with E-state index in [0.29, 0.717) is 10.6 Å². The quantitative estimate of drug-likeness (QED) is 0.582. The van der Waals surface area contributed by atoms with E-state index in [1.165, 1.54) is 7.11 Å². The molecule has 2 N–H and O–H groups in total. The number of rotatable bonds is 4. The first-order chi connectivity index (χ1) is 6.65. The predicted molar refractivity (Wildman–Crippen MR) is 52.5 cm³/mol. The zero-order valence-electron chi connectivity index (χ0n) is 7.51. The second kappa shape index (κ2) is 4.88. The minimum Gasteiger partial charge on any atom is -0.496 e. The number of para-hydroxylation sites is 1. The van der Waals surface area contributed by atoms with E-state index in [1.54, 1.807) is 24.3 Å². The van der Waals surface area contributed by atoms with Crippen LogP contribution < -0.4 is 4.74 Å². The largest absolute Gasteiger partial charge is 0.496 e. The Hall–Kier alpha value is -1.20. The Morgan fingerprint density at radius 1 is 1.50 bits per heavy atom. The van der Waals surface area contributed by atoms with Gasteiger partial charge in [-0.05, 0) is 12.1 Å². The van der Waals surface area contributed by atoms with Crippen LogP contribution in [-0.4, -0.2) is 28.7 Å². The zero-order chi connectivity index (χ0) is 10.6. The Kier molecular flexibility index (Phi) is 3.79. The molecule has 0 aromatic heterocycles. The summed E-state index contributed by atoms with van der Waals surface area (Å²) < 4.78 is 5.00. The van der Waals surface area contributed by atoms with Gasteiger partial charge < -0.3 is 14.9 Å². The molecule has 0 radical (unpaired) electrons. The van der Waals surface area contributed by atoms with Gasteiger partial charge in [-0.25, -0.2) is 4.79 Å². The summed E-state index contributed by atoms with van der Waals surface area (Å²) in [5.74, 6) is -0.710. The van der Waals surface area contributed by atoms with Crippen LogP contribution in [0.3, 0.4) is 0 Å². The van der Waals surface area contributed by atoms with Crippen LogP contribution in [0, 0.1) is 0 Å². The highest BCUT2D eigenvalue weighted by Gasteiger charge is 2.16. The van der Waals surface area contributed by atoms with Crippen LogP contribution in [-0.2, 0) is 4.79 Å². The van der Waals surface area contributed by atoms with Gasteiger partial charge in [0.1, 0.15) is 5.75 Å². The van der Waals surface area contributed by atoms with E-state index in [-0.39, 0.29) is 0 Å². The molecule has 0 spiro atoms. The van der Waals surface area contributed by atoms with Crippen molar-refractivity contribution in [1.82, 2.24) is 0 Å². The third-order valence-electron chi connectivity index (χ3n) is 1.52. The first-order valence-electron chi connectivity index (χ1n) is 3.85. The van der Waals surface area contributed by atoms with Crippen molar-refractivity contribution in [3.8, 4) is 5.75 Å². The first-order valence-corrected chi connectivity index (χ1v) is 4.73. The summed E-state index contributed by atoms with van der Waals surface area (Å²) in [5, 5.41) is 17.6. The van der Waals surface area contributed by atoms with Crippen LogP contribution in [0.5, 0.6) is 5.75 Å². The van der Waals surface area contributed by atoms with Gasteiger partial charge in [0.15, 0.2) is 0 Å². The molecule has 1 aromatic carbocycles. The summed E-state index contributed by atoms with van der Waals surface area (Å²) in [6, 6.07) is 6.92. The van der Waals surface area contributed by atoms with Gasteiger partial charge in [0.05, 0.1) is 12.0 Å². The minimum absolute atomic E-state index is 0.554. The van der Waals surface area contributed by atoms with E-state index in [9.17, 15) is 4.79 Å². The fourth-order valence-electron chi connectivity index (χ4n) is 0.887. The zero-order valence-corrected chi connectivity index (χ0v) is 8.32. The van der Waals surface area contributed by atoms with E-state index in [1.807, 2.05) is 0 Å². The molecule has 1 unspecified atom stereocenters. The molecule has 0 bridgehead atoms. The van der Waals surface area contributed by atoms with Gasteiger partial charge in [0.25, 0.3) is 0 Å². The van der Waals surface area contributed by atoms with Crippen molar-refractivity contribution in [3.63, 3.8) is 0 Å². The monoisotopic (exact) mass is 214 g/mol. The van der Waals surface area contributed by atoms with Gasteiger partial charge in [-0.1, -0.05) is 23.9 Å². The summed E-state index contributed by atoms with van der Waals surface area (Å²) in [6.07, 6.45) is 0. The standard InChI is InChI=1S/C9H10O4S/c1-13-6-4-2-3-5-7(6)14-9(12)8(10)11/h2-5,9,12H,1H3,(H,10,11). The Bertz CT molecular complexity index is 326. The lowest BCUT2D eigenvalue weighted by Gasteiger charge is -2.09. The third-order valence-corrected chi connectivity index (χ3v) is 2.54. The molecule has 14 heavy (non-hydrogen) atoms. The lowest BCUT2D eigenvalue weighted by molar-refractivity contribution is -0.141. The van der Waals surface area contributed by atoms with Crippen LogP contribution in [0.1, 0.15) is 0 Å². The SMILES string of the molecule is COc1ccccc1SC(O)C(=O)O. The highest BCUT2D eigenvalue weighted by molar-refractivity contribution is 8.00. The maximum atomic E-state index is 10.4. The number of carboxylic acids is 1. The number of carboxylic acid groups (broad SMARTS) is 1. The lowest BCUT2D eigenvalue weighted by atomic mass is 10.3. The summed E-state index contributed by atoms with van der Waals surface area (Å²) >= 11 is 0.834. The second-order valence-electron chi connectivity index (χ2n) is 2.46. The summed E-state index contributed by atoms with van der Waals surface area (Å²) in [5.41, 5.74) is -1.47. The van der Waals surface area contributed by atoms with Gasteiger partial charge >= 0.3 is 5.97 Å². The number of carbonyl (C=O) groups is 1. The Balaban J connectivity index is 2.80. The molecule has 0 saturated carbocycles. The fraction of sp³-hybridized carbons (Fsp3) is 0.222. The van der Waals surface area contributed by atoms with Crippen LogP contribution in [0.15, 0.2) is 29.2 Å². The van der Waals surface area contributed by atoms with Crippen molar-refractivity contribution in [2.45, 2.75) is 10.3 Å². The van der Waals surface area contributed by atoms with Crippen LogP contribution in [0.4, 0.5) is 0 Å². The van der Waals surface area contributed by atoms with Gasteiger partial charge in [-0.3, -0.25) is 0 Å². The van der Waals surface area contributed by atoms with E-state index in [2.05, 4.69) is 0 Å².